The Morgan fingerprint density at radius 1 is 1.37 bits per heavy atom. The summed E-state index contributed by atoms with van der Waals surface area (Å²) in [7, 11) is 0. The van der Waals surface area contributed by atoms with Crippen LogP contribution in [0.5, 0.6) is 0 Å². The van der Waals surface area contributed by atoms with Crippen LogP contribution in [-0.2, 0) is 11.3 Å². The Balaban J connectivity index is 1.82. The minimum absolute atomic E-state index is 0.181. The van der Waals surface area contributed by atoms with E-state index in [1.807, 2.05) is 26.1 Å². The molecule has 2 atom stereocenters. The number of ether oxygens (including phenoxy) is 1. The van der Waals surface area contributed by atoms with Crippen molar-refractivity contribution in [3.05, 3.63) is 47.9 Å². The molecule has 102 valence electrons. The molecule has 2 bridgehead atoms. The van der Waals surface area contributed by atoms with E-state index >= 15 is 0 Å². The molecule has 3 heteroatoms. The van der Waals surface area contributed by atoms with Gasteiger partial charge in [-0.25, -0.2) is 0 Å². The first-order valence-corrected chi connectivity index (χ1v) is 6.97. The molecule has 0 saturated carbocycles. The number of nitrogens with zero attached hydrogens (tertiary/aromatic N) is 1. The van der Waals surface area contributed by atoms with Crippen molar-refractivity contribution >= 4 is 0 Å². The largest absolute Gasteiger partial charge is 0.491 e. The van der Waals surface area contributed by atoms with E-state index in [1.165, 1.54) is 5.56 Å². The highest BCUT2D eigenvalue weighted by Crippen LogP contribution is 2.41. The lowest BCUT2D eigenvalue weighted by atomic mass is 9.78. The lowest BCUT2D eigenvalue weighted by Gasteiger charge is -2.49. The van der Waals surface area contributed by atoms with Crippen LogP contribution >= 0.6 is 0 Å². The van der Waals surface area contributed by atoms with Crippen LogP contribution in [0, 0.1) is 5.92 Å². The Bertz CT molecular complexity index is 483. The fourth-order valence-corrected chi connectivity index (χ4v) is 2.94. The van der Waals surface area contributed by atoms with E-state index in [2.05, 4.69) is 29.2 Å². The summed E-state index contributed by atoms with van der Waals surface area (Å²) in [6.07, 6.45) is 2.77. The van der Waals surface area contributed by atoms with Crippen LogP contribution in [-0.4, -0.2) is 28.3 Å². The minimum atomic E-state index is -0.782. The van der Waals surface area contributed by atoms with Crippen molar-refractivity contribution in [2.45, 2.75) is 38.5 Å². The predicted octanol–water partition coefficient (Wildman–Crippen LogP) is 2.52. The molecule has 2 unspecified atom stereocenters. The van der Waals surface area contributed by atoms with Crippen LogP contribution in [0.4, 0.5) is 0 Å². The zero-order chi connectivity index (χ0) is 13.5. The normalized spacial score (nSPS) is 29.4. The van der Waals surface area contributed by atoms with Gasteiger partial charge in [-0.3, -0.25) is 0 Å². The first kappa shape index (κ1) is 12.5. The first-order valence-electron chi connectivity index (χ1n) is 6.97. The number of hydrogen-bond acceptors (Lipinski definition) is 3. The van der Waals surface area contributed by atoms with Gasteiger partial charge in [-0.2, -0.15) is 0 Å². The molecule has 3 heterocycles. The maximum absolute atomic E-state index is 10.7. The maximum Gasteiger partial charge on any atom is 0.144 e. The van der Waals surface area contributed by atoms with E-state index in [0.717, 1.165) is 18.7 Å². The Kier molecular flexibility index (Phi) is 3.02. The summed E-state index contributed by atoms with van der Waals surface area (Å²) in [5.74, 6) is 0.918. The van der Waals surface area contributed by atoms with Crippen LogP contribution in [0.25, 0.3) is 0 Å². The Hall–Kier alpha value is -1.48. The van der Waals surface area contributed by atoms with Crippen molar-refractivity contribution in [1.82, 2.24) is 4.90 Å². The molecule has 1 N–H and O–H groups in total. The van der Waals surface area contributed by atoms with Crippen LogP contribution in [0.3, 0.4) is 0 Å². The molecule has 1 fully saturated rings. The van der Waals surface area contributed by atoms with E-state index in [4.69, 9.17) is 4.74 Å². The fraction of sp³-hybridized carbons (Fsp3) is 0.500. The van der Waals surface area contributed by atoms with Crippen LogP contribution in [0.2, 0.25) is 0 Å². The summed E-state index contributed by atoms with van der Waals surface area (Å²) in [6.45, 7) is 5.67. The lowest BCUT2D eigenvalue weighted by molar-refractivity contribution is -0.111. The van der Waals surface area contributed by atoms with Gasteiger partial charge in [0.25, 0.3) is 0 Å². The third-order valence-electron chi connectivity index (χ3n) is 4.32. The van der Waals surface area contributed by atoms with Gasteiger partial charge in [-0.05, 0) is 11.5 Å². The molecule has 3 aliphatic heterocycles. The highest BCUT2D eigenvalue weighted by molar-refractivity contribution is 5.22. The van der Waals surface area contributed by atoms with Crippen molar-refractivity contribution < 1.29 is 9.84 Å². The van der Waals surface area contributed by atoms with E-state index in [0.29, 0.717) is 6.61 Å². The number of rotatable bonds is 3. The van der Waals surface area contributed by atoms with Crippen molar-refractivity contribution in [2.24, 2.45) is 5.92 Å². The van der Waals surface area contributed by atoms with E-state index in [9.17, 15) is 5.11 Å². The SMILES string of the molecule is CC(C)C1(O)CC2COC1=CN2Cc1ccccc1. The fourth-order valence-electron chi connectivity index (χ4n) is 2.94. The monoisotopic (exact) mass is 259 g/mol. The number of hydrogen-bond donors (Lipinski definition) is 1. The smallest absolute Gasteiger partial charge is 0.144 e. The minimum Gasteiger partial charge on any atom is -0.491 e. The molecule has 19 heavy (non-hydrogen) atoms. The number of aliphatic hydroxyl groups is 1. The van der Waals surface area contributed by atoms with Crippen molar-refractivity contribution in [1.29, 1.82) is 0 Å². The van der Waals surface area contributed by atoms with Gasteiger partial charge in [0, 0.05) is 19.2 Å². The van der Waals surface area contributed by atoms with Gasteiger partial charge in [-0.15, -0.1) is 0 Å². The Labute approximate surface area is 114 Å². The van der Waals surface area contributed by atoms with Gasteiger partial charge in [0.1, 0.15) is 18.0 Å². The van der Waals surface area contributed by atoms with Gasteiger partial charge in [-0.1, -0.05) is 44.2 Å². The maximum atomic E-state index is 10.7. The molecule has 4 rings (SSSR count). The van der Waals surface area contributed by atoms with Gasteiger partial charge < -0.3 is 14.7 Å². The Morgan fingerprint density at radius 3 is 2.68 bits per heavy atom. The summed E-state index contributed by atoms with van der Waals surface area (Å²) in [6, 6.07) is 10.7. The molecule has 0 aliphatic carbocycles. The predicted molar refractivity (Wildman–Crippen MR) is 74.2 cm³/mol. The van der Waals surface area contributed by atoms with Gasteiger partial charge in [0.15, 0.2) is 0 Å². The molecule has 3 aliphatic rings. The van der Waals surface area contributed by atoms with Crippen molar-refractivity contribution in [3.8, 4) is 0 Å². The molecule has 0 amide bonds. The van der Waals surface area contributed by atoms with E-state index < -0.39 is 5.60 Å². The molecule has 3 nitrogen and oxygen atoms in total. The quantitative estimate of drug-likeness (QED) is 0.905. The first-order chi connectivity index (χ1) is 9.09. The molecule has 0 spiro atoms. The second-order valence-electron chi connectivity index (χ2n) is 5.90. The summed E-state index contributed by atoms with van der Waals surface area (Å²) in [5.41, 5.74) is 0.510. The third kappa shape index (κ3) is 2.12. The number of benzene rings is 1. The zero-order valence-electron chi connectivity index (χ0n) is 11.5. The molecule has 1 aromatic carbocycles. The van der Waals surface area contributed by atoms with Gasteiger partial charge in [0.05, 0.1) is 6.04 Å². The Morgan fingerprint density at radius 2 is 2.11 bits per heavy atom. The van der Waals surface area contributed by atoms with Gasteiger partial charge >= 0.3 is 0 Å². The average Bonchev–Trinajstić information content (AvgIpc) is 2.41. The summed E-state index contributed by atoms with van der Waals surface area (Å²) < 4.78 is 5.69. The highest BCUT2D eigenvalue weighted by atomic mass is 16.5. The van der Waals surface area contributed by atoms with Gasteiger partial charge in [0.2, 0.25) is 0 Å². The molecule has 0 radical (unpaired) electrons. The molecular weight excluding hydrogens is 238 g/mol. The topological polar surface area (TPSA) is 32.7 Å². The summed E-state index contributed by atoms with van der Waals surface area (Å²) >= 11 is 0. The third-order valence-corrected chi connectivity index (χ3v) is 4.32. The van der Waals surface area contributed by atoms with E-state index in [-0.39, 0.29) is 12.0 Å². The highest BCUT2D eigenvalue weighted by Gasteiger charge is 2.48. The lowest BCUT2D eigenvalue weighted by Crippen LogP contribution is -2.55. The molecular formula is C16H21NO2. The van der Waals surface area contributed by atoms with Crippen LogP contribution in [0.1, 0.15) is 25.8 Å². The zero-order valence-corrected chi connectivity index (χ0v) is 11.5. The standard InChI is InChI=1S/C16H21NO2/c1-12(2)16(18)8-14-11-19-15(16)10-17(14)9-13-6-4-3-5-7-13/h3-7,10,12,14,18H,8-9,11H2,1-2H3. The van der Waals surface area contributed by atoms with E-state index in [1.54, 1.807) is 0 Å². The molecule has 1 saturated heterocycles. The summed E-state index contributed by atoms with van der Waals surface area (Å²) in [4.78, 5) is 2.30. The average molecular weight is 259 g/mol. The molecule has 0 aromatic heterocycles. The van der Waals surface area contributed by atoms with Crippen molar-refractivity contribution in [3.63, 3.8) is 0 Å². The second kappa shape index (κ2) is 4.57. The summed E-state index contributed by atoms with van der Waals surface area (Å²) in [5, 5.41) is 10.7. The van der Waals surface area contributed by atoms with Crippen LogP contribution < -0.4 is 0 Å². The number of fused-ring (bicyclic) bond motifs is 3. The van der Waals surface area contributed by atoms with Crippen molar-refractivity contribution in [2.75, 3.05) is 6.61 Å². The second-order valence-corrected chi connectivity index (χ2v) is 5.90. The molecule has 1 aromatic rings. The van der Waals surface area contributed by atoms with Crippen LogP contribution in [0.15, 0.2) is 42.3 Å².